The SMILES string of the molecule is CCCC1NC(CC)N(CCCCOC)C1=O. The second kappa shape index (κ2) is 7.67. The van der Waals surface area contributed by atoms with E-state index in [1.54, 1.807) is 7.11 Å². The van der Waals surface area contributed by atoms with Crippen molar-refractivity contribution >= 4 is 5.91 Å². The van der Waals surface area contributed by atoms with Gasteiger partial charge in [-0.3, -0.25) is 10.1 Å². The lowest BCUT2D eigenvalue weighted by Crippen LogP contribution is -2.37. The Balaban J connectivity index is 2.41. The average molecular weight is 242 g/mol. The molecule has 1 aliphatic heterocycles. The minimum absolute atomic E-state index is 0.0485. The van der Waals surface area contributed by atoms with Crippen molar-refractivity contribution in [2.24, 2.45) is 0 Å². The Morgan fingerprint density at radius 1 is 1.35 bits per heavy atom. The van der Waals surface area contributed by atoms with Gasteiger partial charge in [-0.1, -0.05) is 20.3 Å². The van der Waals surface area contributed by atoms with Gasteiger partial charge in [0.1, 0.15) is 0 Å². The van der Waals surface area contributed by atoms with Gasteiger partial charge in [-0.25, -0.2) is 0 Å². The highest BCUT2D eigenvalue weighted by Gasteiger charge is 2.36. The molecular weight excluding hydrogens is 216 g/mol. The molecule has 17 heavy (non-hydrogen) atoms. The molecule has 1 aliphatic rings. The van der Waals surface area contributed by atoms with Gasteiger partial charge in [0.05, 0.1) is 12.2 Å². The molecule has 0 bridgehead atoms. The van der Waals surface area contributed by atoms with Crippen LogP contribution in [0.15, 0.2) is 0 Å². The Morgan fingerprint density at radius 2 is 2.12 bits per heavy atom. The molecule has 1 rings (SSSR count). The summed E-state index contributed by atoms with van der Waals surface area (Å²) in [4.78, 5) is 14.2. The van der Waals surface area contributed by atoms with Crippen LogP contribution in [-0.2, 0) is 9.53 Å². The first-order valence-electron chi connectivity index (χ1n) is 6.80. The van der Waals surface area contributed by atoms with E-state index in [-0.39, 0.29) is 18.1 Å². The number of nitrogens with one attached hydrogen (secondary N) is 1. The molecule has 1 amide bonds. The van der Waals surface area contributed by atoms with Crippen LogP contribution in [0.2, 0.25) is 0 Å². The Morgan fingerprint density at radius 3 is 2.71 bits per heavy atom. The maximum atomic E-state index is 12.2. The number of rotatable bonds is 8. The van der Waals surface area contributed by atoms with Gasteiger partial charge >= 0.3 is 0 Å². The molecule has 2 unspecified atom stereocenters. The van der Waals surface area contributed by atoms with Crippen molar-refractivity contribution in [2.75, 3.05) is 20.3 Å². The van der Waals surface area contributed by atoms with E-state index >= 15 is 0 Å². The molecule has 1 saturated heterocycles. The van der Waals surface area contributed by atoms with E-state index in [0.29, 0.717) is 0 Å². The van der Waals surface area contributed by atoms with E-state index < -0.39 is 0 Å². The van der Waals surface area contributed by atoms with Crippen LogP contribution in [0.5, 0.6) is 0 Å². The maximum Gasteiger partial charge on any atom is 0.241 e. The van der Waals surface area contributed by atoms with Crippen LogP contribution in [0.25, 0.3) is 0 Å². The summed E-state index contributed by atoms with van der Waals surface area (Å²) in [5.41, 5.74) is 0. The first kappa shape index (κ1) is 14.5. The lowest BCUT2D eigenvalue weighted by molar-refractivity contribution is -0.130. The summed E-state index contributed by atoms with van der Waals surface area (Å²) in [6.45, 7) is 5.89. The molecule has 1 N–H and O–H groups in total. The first-order chi connectivity index (χ1) is 8.24. The second-order valence-electron chi connectivity index (χ2n) is 4.66. The van der Waals surface area contributed by atoms with Crippen LogP contribution in [0.4, 0.5) is 0 Å². The van der Waals surface area contributed by atoms with E-state index in [9.17, 15) is 4.79 Å². The van der Waals surface area contributed by atoms with Crippen LogP contribution in [0, 0.1) is 0 Å². The molecule has 0 spiro atoms. The lowest BCUT2D eigenvalue weighted by Gasteiger charge is -2.22. The number of hydrogen-bond donors (Lipinski definition) is 1. The van der Waals surface area contributed by atoms with E-state index in [1.807, 2.05) is 4.90 Å². The molecule has 0 aromatic heterocycles. The molecule has 1 heterocycles. The molecule has 0 aromatic rings. The number of unbranched alkanes of at least 4 members (excludes halogenated alkanes) is 1. The fourth-order valence-electron chi connectivity index (χ4n) is 2.38. The zero-order valence-corrected chi connectivity index (χ0v) is 11.4. The summed E-state index contributed by atoms with van der Waals surface area (Å²) in [5.74, 6) is 0.288. The Bertz CT molecular complexity index is 233. The fraction of sp³-hybridized carbons (Fsp3) is 0.923. The van der Waals surface area contributed by atoms with Crippen molar-refractivity contribution in [3.63, 3.8) is 0 Å². The van der Waals surface area contributed by atoms with Crippen LogP contribution in [-0.4, -0.2) is 43.3 Å². The minimum atomic E-state index is 0.0485. The highest BCUT2D eigenvalue weighted by atomic mass is 16.5. The van der Waals surface area contributed by atoms with Gasteiger partial charge in [-0.05, 0) is 25.7 Å². The molecule has 1 fully saturated rings. The van der Waals surface area contributed by atoms with Gasteiger partial charge in [0.25, 0.3) is 0 Å². The Kier molecular flexibility index (Phi) is 6.52. The average Bonchev–Trinajstić information content (AvgIpc) is 2.63. The zero-order chi connectivity index (χ0) is 12.7. The molecule has 0 saturated carbocycles. The van der Waals surface area contributed by atoms with Crippen LogP contribution in [0.1, 0.15) is 46.0 Å². The van der Waals surface area contributed by atoms with E-state index in [0.717, 1.165) is 45.3 Å². The van der Waals surface area contributed by atoms with Crippen molar-refractivity contribution < 1.29 is 9.53 Å². The molecule has 4 heteroatoms. The number of hydrogen-bond acceptors (Lipinski definition) is 3. The van der Waals surface area contributed by atoms with E-state index in [4.69, 9.17) is 4.74 Å². The summed E-state index contributed by atoms with van der Waals surface area (Å²) >= 11 is 0. The van der Waals surface area contributed by atoms with Gasteiger partial charge in [0.15, 0.2) is 0 Å². The van der Waals surface area contributed by atoms with Crippen molar-refractivity contribution in [1.29, 1.82) is 0 Å². The largest absolute Gasteiger partial charge is 0.385 e. The fourth-order valence-corrected chi connectivity index (χ4v) is 2.38. The summed E-state index contributed by atoms with van der Waals surface area (Å²) in [6.07, 6.45) is 5.27. The predicted molar refractivity (Wildman–Crippen MR) is 68.7 cm³/mol. The van der Waals surface area contributed by atoms with Crippen molar-refractivity contribution in [3.05, 3.63) is 0 Å². The quantitative estimate of drug-likeness (QED) is 0.659. The summed E-state index contributed by atoms with van der Waals surface area (Å²) in [5, 5.41) is 3.43. The third-order valence-electron chi connectivity index (χ3n) is 3.31. The van der Waals surface area contributed by atoms with E-state index in [2.05, 4.69) is 19.2 Å². The molecule has 0 aliphatic carbocycles. The zero-order valence-electron chi connectivity index (χ0n) is 11.4. The van der Waals surface area contributed by atoms with E-state index in [1.165, 1.54) is 0 Å². The van der Waals surface area contributed by atoms with Crippen molar-refractivity contribution in [1.82, 2.24) is 10.2 Å². The Labute approximate surface area is 105 Å². The summed E-state index contributed by atoms with van der Waals surface area (Å²) in [6, 6.07) is 0.0485. The molecule has 2 atom stereocenters. The number of carbonyl (C=O) groups excluding carboxylic acids is 1. The summed E-state index contributed by atoms with van der Waals surface area (Å²) in [7, 11) is 1.72. The van der Waals surface area contributed by atoms with Crippen LogP contribution >= 0.6 is 0 Å². The van der Waals surface area contributed by atoms with Crippen LogP contribution < -0.4 is 5.32 Å². The number of carbonyl (C=O) groups is 1. The highest BCUT2D eigenvalue weighted by Crippen LogP contribution is 2.17. The number of nitrogens with zero attached hydrogens (tertiary/aromatic N) is 1. The minimum Gasteiger partial charge on any atom is -0.385 e. The molecule has 4 nitrogen and oxygen atoms in total. The van der Waals surface area contributed by atoms with Crippen molar-refractivity contribution in [2.45, 2.75) is 58.2 Å². The van der Waals surface area contributed by atoms with Gasteiger partial charge in [0, 0.05) is 20.3 Å². The highest BCUT2D eigenvalue weighted by molar-refractivity contribution is 5.84. The van der Waals surface area contributed by atoms with Gasteiger partial charge in [-0.15, -0.1) is 0 Å². The third-order valence-corrected chi connectivity index (χ3v) is 3.31. The second-order valence-corrected chi connectivity index (χ2v) is 4.66. The monoisotopic (exact) mass is 242 g/mol. The molecule has 0 radical (unpaired) electrons. The normalized spacial score (nSPS) is 24.6. The third kappa shape index (κ3) is 3.96. The van der Waals surface area contributed by atoms with Gasteiger partial charge in [-0.2, -0.15) is 0 Å². The molecule has 0 aromatic carbocycles. The number of methoxy groups -OCH3 is 1. The van der Waals surface area contributed by atoms with Gasteiger partial charge in [0.2, 0.25) is 5.91 Å². The smallest absolute Gasteiger partial charge is 0.241 e. The first-order valence-corrected chi connectivity index (χ1v) is 6.80. The number of amides is 1. The summed E-state index contributed by atoms with van der Waals surface area (Å²) < 4.78 is 5.03. The number of ether oxygens (including phenoxy) is 1. The topological polar surface area (TPSA) is 41.6 Å². The maximum absolute atomic E-state index is 12.2. The predicted octanol–water partition coefficient (Wildman–Crippen LogP) is 1.75. The Hall–Kier alpha value is -0.610. The van der Waals surface area contributed by atoms with Crippen LogP contribution in [0.3, 0.4) is 0 Å². The molecule has 100 valence electrons. The lowest BCUT2D eigenvalue weighted by atomic mass is 10.1. The molecular formula is C13H26N2O2. The standard InChI is InChI=1S/C13H26N2O2/c1-4-8-11-13(16)15(12(5-2)14-11)9-6-7-10-17-3/h11-12,14H,4-10H2,1-3H3. The van der Waals surface area contributed by atoms with Crippen molar-refractivity contribution in [3.8, 4) is 0 Å². The van der Waals surface area contributed by atoms with Gasteiger partial charge < -0.3 is 9.64 Å².